The fourth-order valence-electron chi connectivity index (χ4n) is 3.27. The Hall–Kier alpha value is -3.07. The van der Waals surface area contributed by atoms with Crippen LogP contribution in [-0.4, -0.2) is 43.2 Å². The van der Waals surface area contributed by atoms with E-state index < -0.39 is 16.0 Å². The van der Waals surface area contributed by atoms with Crippen molar-refractivity contribution in [2.75, 3.05) is 18.5 Å². The van der Waals surface area contributed by atoms with Crippen LogP contribution in [0, 0.1) is 13.8 Å². The van der Waals surface area contributed by atoms with Crippen LogP contribution in [0.4, 0.5) is 5.95 Å². The van der Waals surface area contributed by atoms with Crippen molar-refractivity contribution < 1.29 is 23.1 Å². The molecule has 28 heavy (non-hydrogen) atoms. The number of ether oxygens (including phenoxy) is 1. The minimum atomic E-state index is -3.90. The lowest BCUT2D eigenvalue weighted by atomic mass is 10.1. The molecule has 1 aromatic heterocycles. The molecular formula is C19H21N3O5S. The van der Waals surface area contributed by atoms with E-state index in [-0.39, 0.29) is 16.4 Å². The number of hydrogen-bond acceptors (Lipinski definition) is 5. The topological polar surface area (TPSA) is 102 Å². The number of methoxy groups -OCH3 is 1. The number of sulfonamides is 1. The van der Waals surface area contributed by atoms with Gasteiger partial charge in [0.15, 0.2) is 0 Å². The molecule has 3 rings (SSSR count). The standard InChI is InChI=1S/C19H21N3O5S/c1-11-8-14(27-5)9-12(2)17(11)28(25,26)22(4)19-20-15-7-6-13(18(23)24)10-16(15)21(19)3/h6-10H,1-5H3,(H,23,24). The Balaban J connectivity index is 2.15. The number of nitrogens with zero attached hydrogens (tertiary/aromatic N) is 3. The third-order valence-electron chi connectivity index (χ3n) is 4.67. The average molecular weight is 403 g/mol. The van der Waals surface area contributed by atoms with Crippen LogP contribution in [0.1, 0.15) is 21.5 Å². The highest BCUT2D eigenvalue weighted by atomic mass is 32.2. The van der Waals surface area contributed by atoms with Gasteiger partial charge in [0.1, 0.15) is 5.75 Å². The first kappa shape index (κ1) is 19.7. The van der Waals surface area contributed by atoms with Crippen LogP contribution in [-0.2, 0) is 17.1 Å². The highest BCUT2D eigenvalue weighted by Gasteiger charge is 2.29. The number of carbonyl (C=O) groups is 1. The van der Waals surface area contributed by atoms with Crippen LogP contribution >= 0.6 is 0 Å². The summed E-state index contributed by atoms with van der Waals surface area (Å²) in [5, 5.41) is 9.19. The fourth-order valence-corrected chi connectivity index (χ4v) is 4.86. The summed E-state index contributed by atoms with van der Waals surface area (Å²) in [5.74, 6) is -0.289. The number of rotatable bonds is 5. The maximum atomic E-state index is 13.3. The monoisotopic (exact) mass is 403 g/mol. The molecule has 0 atom stereocenters. The zero-order valence-corrected chi connectivity index (χ0v) is 17.0. The van der Waals surface area contributed by atoms with E-state index in [0.717, 1.165) is 4.31 Å². The predicted octanol–water partition coefficient (Wildman–Crippen LogP) is 2.72. The van der Waals surface area contributed by atoms with E-state index in [2.05, 4.69) is 4.98 Å². The number of aromatic nitrogens is 2. The van der Waals surface area contributed by atoms with Crippen LogP contribution < -0.4 is 9.04 Å². The summed E-state index contributed by atoms with van der Waals surface area (Å²) in [6, 6.07) is 7.81. The van der Waals surface area contributed by atoms with E-state index >= 15 is 0 Å². The molecule has 1 N–H and O–H groups in total. The number of benzene rings is 2. The molecule has 0 unspecified atom stereocenters. The van der Waals surface area contributed by atoms with Gasteiger partial charge in [-0.15, -0.1) is 0 Å². The van der Waals surface area contributed by atoms with Crippen molar-refractivity contribution >= 4 is 33.0 Å². The second kappa shape index (κ2) is 6.83. The summed E-state index contributed by atoms with van der Waals surface area (Å²) in [4.78, 5) is 15.8. The van der Waals surface area contributed by atoms with Gasteiger partial charge >= 0.3 is 5.97 Å². The first-order valence-corrected chi connectivity index (χ1v) is 9.86. The van der Waals surface area contributed by atoms with Crippen LogP contribution in [0.15, 0.2) is 35.2 Å². The van der Waals surface area contributed by atoms with Gasteiger partial charge in [-0.25, -0.2) is 22.5 Å². The summed E-state index contributed by atoms with van der Waals surface area (Å²) < 4.78 is 34.5. The van der Waals surface area contributed by atoms with Crippen molar-refractivity contribution in [1.29, 1.82) is 0 Å². The third kappa shape index (κ3) is 3.07. The van der Waals surface area contributed by atoms with E-state index in [4.69, 9.17) is 4.74 Å². The van der Waals surface area contributed by atoms with Crippen molar-refractivity contribution in [3.05, 3.63) is 47.0 Å². The minimum Gasteiger partial charge on any atom is -0.497 e. The van der Waals surface area contributed by atoms with Gasteiger partial charge in [0.25, 0.3) is 10.0 Å². The largest absolute Gasteiger partial charge is 0.497 e. The van der Waals surface area contributed by atoms with E-state index in [1.807, 2.05) is 0 Å². The smallest absolute Gasteiger partial charge is 0.335 e. The van der Waals surface area contributed by atoms with Crippen LogP contribution in [0.2, 0.25) is 0 Å². The molecule has 0 aliphatic rings. The molecule has 0 saturated carbocycles. The summed E-state index contributed by atoms with van der Waals surface area (Å²) >= 11 is 0. The SMILES string of the molecule is COc1cc(C)c(S(=O)(=O)N(C)c2nc3ccc(C(=O)O)cc3n2C)c(C)c1. The minimum absolute atomic E-state index is 0.106. The fraction of sp³-hybridized carbons (Fsp3) is 0.263. The Morgan fingerprint density at radius 1 is 1.18 bits per heavy atom. The molecule has 0 spiro atoms. The lowest BCUT2D eigenvalue weighted by Crippen LogP contribution is -2.30. The molecule has 3 aromatic rings. The van der Waals surface area contributed by atoms with E-state index in [0.29, 0.717) is 27.9 Å². The molecule has 0 amide bonds. The molecule has 0 aliphatic carbocycles. The first-order valence-electron chi connectivity index (χ1n) is 8.42. The molecule has 148 valence electrons. The molecule has 0 radical (unpaired) electrons. The van der Waals surface area contributed by atoms with Gasteiger partial charge < -0.3 is 14.4 Å². The van der Waals surface area contributed by atoms with Crippen LogP contribution in [0.25, 0.3) is 11.0 Å². The quantitative estimate of drug-likeness (QED) is 0.703. The summed E-state index contributed by atoms with van der Waals surface area (Å²) in [6.07, 6.45) is 0. The van der Waals surface area contributed by atoms with Gasteiger partial charge in [0.2, 0.25) is 5.95 Å². The van der Waals surface area contributed by atoms with Crippen molar-refractivity contribution in [1.82, 2.24) is 9.55 Å². The number of fused-ring (bicyclic) bond motifs is 1. The number of aryl methyl sites for hydroxylation is 3. The Morgan fingerprint density at radius 3 is 2.32 bits per heavy atom. The van der Waals surface area contributed by atoms with Crippen LogP contribution in [0.3, 0.4) is 0 Å². The van der Waals surface area contributed by atoms with Gasteiger partial charge in [-0.05, 0) is 55.3 Å². The molecule has 0 fully saturated rings. The Kier molecular flexibility index (Phi) is 4.80. The summed E-state index contributed by atoms with van der Waals surface area (Å²) in [7, 11) is 0.707. The highest BCUT2D eigenvalue weighted by molar-refractivity contribution is 7.92. The molecule has 0 aliphatic heterocycles. The molecule has 0 bridgehead atoms. The molecule has 2 aromatic carbocycles. The Morgan fingerprint density at radius 2 is 1.79 bits per heavy atom. The summed E-state index contributed by atoms with van der Waals surface area (Å²) in [5.41, 5.74) is 2.27. The Bertz CT molecular complexity index is 1170. The van der Waals surface area contributed by atoms with Gasteiger partial charge in [-0.3, -0.25) is 0 Å². The lowest BCUT2D eigenvalue weighted by molar-refractivity contribution is 0.0697. The molecule has 8 nitrogen and oxygen atoms in total. The number of carboxylic acid groups (broad SMARTS) is 1. The van der Waals surface area contributed by atoms with E-state index in [1.165, 1.54) is 26.3 Å². The molecule has 0 saturated heterocycles. The highest BCUT2D eigenvalue weighted by Crippen LogP contribution is 2.31. The van der Waals surface area contributed by atoms with Crippen molar-refractivity contribution in [3.8, 4) is 5.75 Å². The van der Waals surface area contributed by atoms with Crippen molar-refractivity contribution in [2.45, 2.75) is 18.7 Å². The van der Waals surface area contributed by atoms with Gasteiger partial charge in [0, 0.05) is 14.1 Å². The molecule has 1 heterocycles. The number of hydrogen-bond donors (Lipinski definition) is 1. The second-order valence-corrected chi connectivity index (χ2v) is 8.45. The number of carboxylic acids is 1. The maximum absolute atomic E-state index is 13.3. The second-order valence-electron chi connectivity index (χ2n) is 6.54. The maximum Gasteiger partial charge on any atom is 0.335 e. The third-order valence-corrected chi connectivity index (χ3v) is 6.72. The van der Waals surface area contributed by atoms with Gasteiger partial charge in [-0.2, -0.15) is 0 Å². The van der Waals surface area contributed by atoms with Crippen molar-refractivity contribution in [2.24, 2.45) is 7.05 Å². The van der Waals surface area contributed by atoms with Crippen LogP contribution in [0.5, 0.6) is 5.75 Å². The first-order chi connectivity index (χ1) is 13.1. The number of anilines is 1. The zero-order valence-electron chi connectivity index (χ0n) is 16.2. The van der Waals surface area contributed by atoms with E-state index in [9.17, 15) is 18.3 Å². The number of imidazole rings is 1. The van der Waals surface area contributed by atoms with Crippen molar-refractivity contribution in [3.63, 3.8) is 0 Å². The number of aromatic carboxylic acids is 1. The predicted molar refractivity (Wildman–Crippen MR) is 106 cm³/mol. The molecular weight excluding hydrogens is 382 g/mol. The van der Waals surface area contributed by atoms with E-state index in [1.54, 1.807) is 43.7 Å². The Labute approximate surface area is 163 Å². The molecule has 9 heteroatoms. The average Bonchev–Trinajstić information content (AvgIpc) is 2.96. The summed E-state index contributed by atoms with van der Waals surface area (Å²) in [6.45, 7) is 3.43. The van der Waals surface area contributed by atoms with Gasteiger partial charge in [0.05, 0.1) is 28.6 Å². The lowest BCUT2D eigenvalue weighted by Gasteiger charge is -2.21. The normalized spacial score (nSPS) is 11.6. The van der Waals surface area contributed by atoms with Gasteiger partial charge in [-0.1, -0.05) is 0 Å². The zero-order chi connectivity index (χ0) is 20.8.